The molecular weight excluding hydrogens is 308 g/mol. The summed E-state index contributed by atoms with van der Waals surface area (Å²) in [6, 6.07) is 12.9. The molecule has 0 saturated carbocycles. The quantitative estimate of drug-likeness (QED) is 0.726. The predicted molar refractivity (Wildman–Crippen MR) is 90.2 cm³/mol. The minimum atomic E-state index is -0.463. The van der Waals surface area contributed by atoms with Crippen molar-refractivity contribution in [3.8, 4) is 5.75 Å². The van der Waals surface area contributed by atoms with E-state index in [1.165, 1.54) is 0 Å². The van der Waals surface area contributed by atoms with E-state index < -0.39 is 5.76 Å². The molecule has 0 atom stereocenters. The van der Waals surface area contributed by atoms with Gasteiger partial charge in [-0.2, -0.15) is 0 Å². The molecule has 0 radical (unpaired) electrons. The molecule has 0 aliphatic heterocycles. The summed E-state index contributed by atoms with van der Waals surface area (Å²) in [7, 11) is 1.61. The van der Waals surface area contributed by atoms with Crippen LogP contribution < -0.4 is 15.8 Å². The first-order chi connectivity index (χ1) is 11.6. The third kappa shape index (κ3) is 3.84. The molecule has 3 aromatic rings. The zero-order valence-corrected chi connectivity index (χ0v) is 13.3. The van der Waals surface area contributed by atoms with E-state index in [0.29, 0.717) is 30.5 Å². The Kier molecular flexibility index (Phi) is 4.65. The Morgan fingerprint density at radius 2 is 1.92 bits per heavy atom. The van der Waals surface area contributed by atoms with E-state index in [1.54, 1.807) is 13.2 Å². The molecule has 0 bridgehead atoms. The van der Waals surface area contributed by atoms with Gasteiger partial charge in [-0.05, 0) is 41.8 Å². The molecule has 1 amide bonds. The van der Waals surface area contributed by atoms with Crippen molar-refractivity contribution in [2.45, 2.75) is 12.8 Å². The average Bonchev–Trinajstić information content (AvgIpc) is 2.95. The second kappa shape index (κ2) is 7.04. The number of aromatic amines is 1. The van der Waals surface area contributed by atoms with Crippen LogP contribution >= 0.6 is 0 Å². The molecule has 24 heavy (non-hydrogen) atoms. The van der Waals surface area contributed by atoms with Crippen LogP contribution in [0.25, 0.3) is 11.1 Å². The largest absolute Gasteiger partial charge is 0.497 e. The molecule has 6 nitrogen and oxygen atoms in total. The number of rotatable bonds is 6. The Balaban J connectivity index is 1.50. The lowest BCUT2D eigenvalue weighted by atomic mass is 10.1. The normalized spacial score (nSPS) is 10.7. The molecule has 0 aliphatic rings. The first-order valence-electron chi connectivity index (χ1n) is 7.65. The maximum atomic E-state index is 12.0. The molecule has 6 heteroatoms. The number of carbonyl (C=O) groups is 1. The Labute approximate surface area is 138 Å². The molecule has 0 spiro atoms. The van der Waals surface area contributed by atoms with Crippen LogP contribution in [0.2, 0.25) is 0 Å². The van der Waals surface area contributed by atoms with E-state index in [9.17, 15) is 9.59 Å². The molecule has 1 aromatic heterocycles. The molecule has 0 aliphatic carbocycles. The number of aromatic nitrogens is 1. The number of hydrogen-bond acceptors (Lipinski definition) is 4. The van der Waals surface area contributed by atoms with Gasteiger partial charge >= 0.3 is 5.76 Å². The van der Waals surface area contributed by atoms with Crippen LogP contribution in [0.1, 0.15) is 11.1 Å². The zero-order valence-electron chi connectivity index (χ0n) is 13.3. The van der Waals surface area contributed by atoms with Gasteiger partial charge in [0.15, 0.2) is 5.58 Å². The van der Waals surface area contributed by atoms with Crippen molar-refractivity contribution in [1.29, 1.82) is 0 Å². The topological polar surface area (TPSA) is 84.3 Å². The maximum Gasteiger partial charge on any atom is 0.417 e. The van der Waals surface area contributed by atoms with Crippen LogP contribution in [-0.2, 0) is 17.6 Å². The lowest BCUT2D eigenvalue weighted by Crippen LogP contribution is -2.27. The highest BCUT2D eigenvalue weighted by molar-refractivity contribution is 5.78. The number of benzene rings is 2. The van der Waals surface area contributed by atoms with E-state index in [2.05, 4.69) is 10.3 Å². The van der Waals surface area contributed by atoms with Gasteiger partial charge in [0, 0.05) is 6.54 Å². The lowest BCUT2D eigenvalue weighted by Gasteiger charge is -2.06. The van der Waals surface area contributed by atoms with Crippen LogP contribution in [0.15, 0.2) is 51.7 Å². The number of ether oxygens (including phenoxy) is 1. The SMILES string of the molecule is COc1ccc(CC(=O)NCCc2ccc3[nH]c(=O)oc3c2)cc1. The van der Waals surface area contributed by atoms with Crippen LogP contribution in [0.3, 0.4) is 0 Å². The third-order valence-electron chi connectivity index (χ3n) is 3.74. The minimum Gasteiger partial charge on any atom is -0.497 e. The van der Waals surface area contributed by atoms with Crippen LogP contribution in [0, 0.1) is 0 Å². The lowest BCUT2D eigenvalue weighted by molar-refractivity contribution is -0.120. The average molecular weight is 326 g/mol. The fourth-order valence-electron chi connectivity index (χ4n) is 2.48. The van der Waals surface area contributed by atoms with Crippen molar-refractivity contribution >= 4 is 17.0 Å². The molecule has 0 unspecified atom stereocenters. The molecule has 124 valence electrons. The summed E-state index contributed by atoms with van der Waals surface area (Å²) in [4.78, 5) is 25.7. The van der Waals surface area contributed by atoms with Crippen molar-refractivity contribution in [3.63, 3.8) is 0 Å². The van der Waals surface area contributed by atoms with Crippen LogP contribution in [-0.4, -0.2) is 24.5 Å². The van der Waals surface area contributed by atoms with E-state index in [1.807, 2.05) is 36.4 Å². The Morgan fingerprint density at radius 1 is 1.17 bits per heavy atom. The monoisotopic (exact) mass is 326 g/mol. The van der Waals surface area contributed by atoms with Gasteiger partial charge in [0.1, 0.15) is 5.75 Å². The summed E-state index contributed by atoms with van der Waals surface area (Å²) in [5.74, 6) is 0.273. The predicted octanol–water partition coefficient (Wildman–Crippen LogP) is 2.03. The fraction of sp³-hybridized carbons (Fsp3) is 0.222. The Bertz CT molecular complexity index is 893. The van der Waals surface area contributed by atoms with Crippen LogP contribution in [0.4, 0.5) is 0 Å². The highest BCUT2D eigenvalue weighted by Crippen LogP contribution is 2.13. The van der Waals surface area contributed by atoms with Crippen molar-refractivity contribution in [3.05, 3.63) is 64.1 Å². The summed E-state index contributed by atoms with van der Waals surface area (Å²) in [6.07, 6.45) is 0.995. The molecular formula is C18H18N2O4. The summed E-state index contributed by atoms with van der Waals surface area (Å²) < 4.78 is 10.1. The maximum absolute atomic E-state index is 12.0. The van der Waals surface area contributed by atoms with Gasteiger partial charge in [0.25, 0.3) is 0 Å². The Hall–Kier alpha value is -3.02. The van der Waals surface area contributed by atoms with E-state index in [4.69, 9.17) is 9.15 Å². The summed E-state index contributed by atoms with van der Waals surface area (Å²) in [6.45, 7) is 0.523. The van der Waals surface area contributed by atoms with Crippen molar-refractivity contribution in [1.82, 2.24) is 10.3 Å². The smallest absolute Gasteiger partial charge is 0.417 e. The van der Waals surface area contributed by atoms with Gasteiger partial charge < -0.3 is 14.5 Å². The number of nitrogens with one attached hydrogen (secondary N) is 2. The van der Waals surface area contributed by atoms with E-state index >= 15 is 0 Å². The second-order valence-electron chi connectivity index (χ2n) is 5.47. The number of carbonyl (C=O) groups excluding carboxylic acids is 1. The van der Waals surface area contributed by atoms with Crippen LogP contribution in [0.5, 0.6) is 5.75 Å². The second-order valence-corrected chi connectivity index (χ2v) is 5.47. The van der Waals surface area contributed by atoms with Gasteiger partial charge in [-0.1, -0.05) is 18.2 Å². The number of amides is 1. The highest BCUT2D eigenvalue weighted by atomic mass is 16.5. The molecule has 1 heterocycles. The van der Waals surface area contributed by atoms with Crippen molar-refractivity contribution in [2.24, 2.45) is 0 Å². The fourth-order valence-corrected chi connectivity index (χ4v) is 2.48. The molecule has 0 fully saturated rings. The first kappa shape index (κ1) is 15.9. The number of methoxy groups -OCH3 is 1. The summed E-state index contributed by atoms with van der Waals surface area (Å²) in [5, 5.41) is 2.89. The van der Waals surface area contributed by atoms with Crippen molar-refractivity contribution < 1.29 is 13.9 Å². The van der Waals surface area contributed by atoms with Gasteiger partial charge in [-0.3, -0.25) is 9.78 Å². The number of H-pyrrole nitrogens is 1. The Morgan fingerprint density at radius 3 is 2.67 bits per heavy atom. The van der Waals surface area contributed by atoms with Gasteiger partial charge in [-0.15, -0.1) is 0 Å². The number of fused-ring (bicyclic) bond motifs is 1. The van der Waals surface area contributed by atoms with Gasteiger partial charge in [0.05, 0.1) is 19.0 Å². The zero-order chi connectivity index (χ0) is 16.9. The third-order valence-corrected chi connectivity index (χ3v) is 3.74. The highest BCUT2D eigenvalue weighted by Gasteiger charge is 2.05. The molecule has 2 aromatic carbocycles. The van der Waals surface area contributed by atoms with Gasteiger partial charge in [0.2, 0.25) is 5.91 Å². The molecule has 3 rings (SSSR count). The summed E-state index contributed by atoms with van der Waals surface area (Å²) >= 11 is 0. The van der Waals surface area contributed by atoms with Crippen molar-refractivity contribution in [2.75, 3.05) is 13.7 Å². The minimum absolute atomic E-state index is 0.0329. The standard InChI is InChI=1S/C18H18N2O4/c1-23-14-5-2-12(3-6-14)11-17(21)19-9-8-13-4-7-15-16(10-13)24-18(22)20-15/h2-7,10H,8-9,11H2,1H3,(H,19,21)(H,20,22). The molecule has 0 saturated heterocycles. The first-order valence-corrected chi connectivity index (χ1v) is 7.65. The summed E-state index contributed by atoms with van der Waals surface area (Å²) in [5.41, 5.74) is 3.13. The molecule has 2 N–H and O–H groups in total. The van der Waals surface area contributed by atoms with Gasteiger partial charge in [-0.25, -0.2) is 4.79 Å². The number of hydrogen-bond donors (Lipinski definition) is 2. The van der Waals surface area contributed by atoms with E-state index in [-0.39, 0.29) is 5.91 Å². The number of oxazole rings is 1. The van der Waals surface area contributed by atoms with E-state index in [0.717, 1.165) is 16.9 Å².